The lowest BCUT2D eigenvalue weighted by Gasteiger charge is -2.30. The van der Waals surface area contributed by atoms with Gasteiger partial charge >= 0.3 is 0 Å². The minimum absolute atomic E-state index is 0.0995. The van der Waals surface area contributed by atoms with Gasteiger partial charge in [-0.3, -0.25) is 0 Å². The fourth-order valence-electron chi connectivity index (χ4n) is 8.75. The molecule has 0 amide bonds. The van der Waals surface area contributed by atoms with Crippen molar-refractivity contribution in [3.63, 3.8) is 0 Å². The van der Waals surface area contributed by atoms with E-state index in [1.54, 1.807) is 0 Å². The van der Waals surface area contributed by atoms with E-state index in [0.717, 1.165) is 11.4 Å². The molecule has 10 rings (SSSR count). The molecular formula is C51H37N. The molecule has 0 atom stereocenters. The zero-order valence-corrected chi connectivity index (χ0v) is 29.3. The zero-order chi connectivity index (χ0) is 34.8. The Balaban J connectivity index is 1.20. The molecule has 1 aliphatic rings. The van der Waals surface area contributed by atoms with Crippen molar-refractivity contribution in [2.45, 2.75) is 19.3 Å². The predicted molar refractivity (Wildman–Crippen MR) is 222 cm³/mol. The van der Waals surface area contributed by atoms with Crippen LogP contribution in [0, 0.1) is 0 Å². The number of rotatable bonds is 5. The summed E-state index contributed by atoms with van der Waals surface area (Å²) in [6.45, 7) is 4.71. The van der Waals surface area contributed by atoms with Crippen molar-refractivity contribution in [3.05, 3.63) is 199 Å². The molecule has 1 nitrogen and oxygen atoms in total. The van der Waals surface area contributed by atoms with Crippen LogP contribution in [-0.4, -0.2) is 0 Å². The number of para-hydroxylation sites is 1. The monoisotopic (exact) mass is 663 g/mol. The maximum atomic E-state index is 2.48. The Labute approximate surface area is 305 Å². The Kier molecular flexibility index (Phi) is 6.91. The molecule has 0 bridgehead atoms. The van der Waals surface area contributed by atoms with Crippen molar-refractivity contribution in [1.82, 2.24) is 0 Å². The van der Waals surface area contributed by atoms with Gasteiger partial charge in [-0.2, -0.15) is 0 Å². The topological polar surface area (TPSA) is 3.24 Å². The third-order valence-electron chi connectivity index (χ3n) is 11.3. The van der Waals surface area contributed by atoms with Crippen LogP contribution in [0.1, 0.15) is 25.0 Å². The summed E-state index contributed by atoms with van der Waals surface area (Å²) in [6, 6.07) is 69.1. The first-order valence-corrected chi connectivity index (χ1v) is 18.2. The SMILES string of the molecule is CC1(C)c2ccccc2-c2c(N(c3ccc(-c4cc5c6ccccc6ccc5c5ccccc45)cc3)c3ccccc3-c3ccccc3)cccc21. The number of anilines is 3. The summed E-state index contributed by atoms with van der Waals surface area (Å²) in [5, 5.41) is 7.68. The van der Waals surface area contributed by atoms with E-state index in [-0.39, 0.29) is 5.41 Å². The molecule has 1 aliphatic carbocycles. The van der Waals surface area contributed by atoms with E-state index >= 15 is 0 Å². The number of hydrogen-bond donors (Lipinski definition) is 0. The van der Waals surface area contributed by atoms with Crippen molar-refractivity contribution in [2.75, 3.05) is 4.90 Å². The number of nitrogens with zero attached hydrogens (tertiary/aromatic N) is 1. The van der Waals surface area contributed by atoms with Crippen molar-refractivity contribution in [2.24, 2.45) is 0 Å². The largest absolute Gasteiger partial charge is 0.309 e. The Bertz CT molecular complexity index is 2810. The fraction of sp³-hybridized carbons (Fsp3) is 0.0588. The normalized spacial score (nSPS) is 13.0. The second-order valence-corrected chi connectivity index (χ2v) is 14.5. The third kappa shape index (κ3) is 4.63. The molecule has 9 aromatic carbocycles. The quantitative estimate of drug-likeness (QED) is 0.166. The molecule has 246 valence electrons. The molecule has 1 heteroatoms. The van der Waals surface area contributed by atoms with E-state index in [4.69, 9.17) is 0 Å². The molecule has 0 aromatic heterocycles. The lowest BCUT2D eigenvalue weighted by atomic mass is 9.82. The maximum absolute atomic E-state index is 2.48. The summed E-state index contributed by atoms with van der Waals surface area (Å²) >= 11 is 0. The third-order valence-corrected chi connectivity index (χ3v) is 11.3. The van der Waals surface area contributed by atoms with Crippen LogP contribution in [-0.2, 0) is 5.41 Å². The van der Waals surface area contributed by atoms with Gasteiger partial charge in [0.05, 0.1) is 11.4 Å². The van der Waals surface area contributed by atoms with Crippen LogP contribution in [0.3, 0.4) is 0 Å². The molecular weight excluding hydrogens is 627 g/mol. The van der Waals surface area contributed by atoms with Gasteiger partial charge in [-0.1, -0.05) is 172 Å². The van der Waals surface area contributed by atoms with Crippen molar-refractivity contribution in [1.29, 1.82) is 0 Å². The molecule has 0 heterocycles. The van der Waals surface area contributed by atoms with Crippen LogP contribution in [0.25, 0.3) is 65.7 Å². The zero-order valence-electron chi connectivity index (χ0n) is 29.3. The Hall–Kier alpha value is -6.44. The average molecular weight is 664 g/mol. The molecule has 0 aliphatic heterocycles. The first kappa shape index (κ1) is 30.4. The lowest BCUT2D eigenvalue weighted by Crippen LogP contribution is -2.16. The van der Waals surface area contributed by atoms with Gasteiger partial charge in [0.15, 0.2) is 0 Å². The van der Waals surface area contributed by atoms with Crippen LogP contribution in [0.4, 0.5) is 17.1 Å². The molecule has 52 heavy (non-hydrogen) atoms. The van der Waals surface area contributed by atoms with Gasteiger partial charge in [0.25, 0.3) is 0 Å². The number of benzene rings is 9. The Morgan fingerprint density at radius 1 is 0.365 bits per heavy atom. The van der Waals surface area contributed by atoms with Gasteiger partial charge < -0.3 is 4.90 Å². The average Bonchev–Trinajstić information content (AvgIpc) is 3.45. The lowest BCUT2D eigenvalue weighted by molar-refractivity contribution is 0.660. The number of hydrogen-bond acceptors (Lipinski definition) is 1. The molecule has 0 fully saturated rings. The van der Waals surface area contributed by atoms with Gasteiger partial charge in [-0.15, -0.1) is 0 Å². The van der Waals surface area contributed by atoms with Crippen molar-refractivity contribution in [3.8, 4) is 33.4 Å². The standard InChI is InChI=1S/C51H37N/c1-51(2)46-23-12-10-22-43(46)50-47(51)24-14-26-49(50)52(48-25-13-11-19-39(48)34-15-4-3-5-16-34)37-30-27-36(28-31-37)44-33-45-38-18-7-6-17-35(38)29-32-42(45)40-20-8-9-21-41(40)44/h3-33H,1-2H3. The van der Waals surface area contributed by atoms with E-state index in [2.05, 4.69) is 207 Å². The van der Waals surface area contributed by atoms with E-state index in [1.807, 2.05) is 0 Å². The van der Waals surface area contributed by atoms with Crippen LogP contribution in [0.5, 0.6) is 0 Å². The Morgan fingerprint density at radius 2 is 0.962 bits per heavy atom. The number of fused-ring (bicyclic) bond motifs is 8. The van der Waals surface area contributed by atoms with Gasteiger partial charge in [0.2, 0.25) is 0 Å². The highest BCUT2D eigenvalue weighted by atomic mass is 15.1. The van der Waals surface area contributed by atoms with Crippen LogP contribution < -0.4 is 4.90 Å². The molecule has 0 spiro atoms. The van der Waals surface area contributed by atoms with Crippen LogP contribution in [0.2, 0.25) is 0 Å². The fourth-order valence-corrected chi connectivity index (χ4v) is 8.75. The van der Waals surface area contributed by atoms with Gasteiger partial charge in [0.1, 0.15) is 0 Å². The van der Waals surface area contributed by atoms with E-state index in [0.29, 0.717) is 0 Å². The van der Waals surface area contributed by atoms with Crippen LogP contribution in [0.15, 0.2) is 188 Å². The predicted octanol–water partition coefficient (Wildman–Crippen LogP) is 14.3. The van der Waals surface area contributed by atoms with E-state index < -0.39 is 0 Å². The highest BCUT2D eigenvalue weighted by Crippen LogP contribution is 2.55. The minimum Gasteiger partial charge on any atom is -0.309 e. The second kappa shape index (κ2) is 11.8. The van der Waals surface area contributed by atoms with E-state index in [9.17, 15) is 0 Å². The van der Waals surface area contributed by atoms with Crippen LogP contribution >= 0.6 is 0 Å². The van der Waals surface area contributed by atoms with Crippen molar-refractivity contribution < 1.29 is 0 Å². The summed E-state index contributed by atoms with van der Waals surface area (Å²) in [6.07, 6.45) is 0. The molecule has 0 radical (unpaired) electrons. The van der Waals surface area contributed by atoms with Gasteiger partial charge in [0, 0.05) is 22.2 Å². The molecule has 0 saturated carbocycles. The molecule has 9 aromatic rings. The highest BCUT2D eigenvalue weighted by molar-refractivity contribution is 6.21. The summed E-state index contributed by atoms with van der Waals surface area (Å²) in [7, 11) is 0. The van der Waals surface area contributed by atoms with Crippen molar-refractivity contribution >= 4 is 49.4 Å². The first-order valence-electron chi connectivity index (χ1n) is 18.2. The molecule has 0 saturated heterocycles. The van der Waals surface area contributed by atoms with Gasteiger partial charge in [-0.05, 0) is 96.0 Å². The first-order chi connectivity index (χ1) is 25.6. The smallest absolute Gasteiger partial charge is 0.0543 e. The summed E-state index contributed by atoms with van der Waals surface area (Å²) in [5.41, 5.74) is 13.6. The molecule has 0 unspecified atom stereocenters. The maximum Gasteiger partial charge on any atom is 0.0543 e. The summed E-state index contributed by atoms with van der Waals surface area (Å²) in [5.74, 6) is 0. The summed E-state index contributed by atoms with van der Waals surface area (Å²) < 4.78 is 0. The molecule has 0 N–H and O–H groups in total. The van der Waals surface area contributed by atoms with E-state index in [1.165, 1.54) is 82.5 Å². The Morgan fingerprint density at radius 3 is 1.79 bits per heavy atom. The minimum atomic E-state index is -0.0995. The van der Waals surface area contributed by atoms with Gasteiger partial charge in [-0.25, -0.2) is 0 Å². The second-order valence-electron chi connectivity index (χ2n) is 14.5. The summed E-state index contributed by atoms with van der Waals surface area (Å²) in [4.78, 5) is 2.48. The highest BCUT2D eigenvalue weighted by Gasteiger charge is 2.37.